The molecule has 2 N–H and O–H groups in total. The summed E-state index contributed by atoms with van der Waals surface area (Å²) in [6.07, 6.45) is -2.25. The van der Waals surface area contributed by atoms with Gasteiger partial charge in [-0.25, -0.2) is 0 Å². The fourth-order valence-electron chi connectivity index (χ4n) is 0.0373. The van der Waals surface area contributed by atoms with Gasteiger partial charge in [-0.15, -0.1) is 9.78 Å². The molecule has 7 heavy (non-hydrogen) atoms. The second-order valence-electron chi connectivity index (χ2n) is 0.715. The van der Waals surface area contributed by atoms with E-state index in [2.05, 4.69) is 9.78 Å². The summed E-state index contributed by atoms with van der Waals surface area (Å²) in [4.78, 5) is 7.01. The van der Waals surface area contributed by atoms with E-state index in [0.717, 1.165) is 0 Å². The van der Waals surface area contributed by atoms with Crippen molar-refractivity contribution in [3.05, 3.63) is 0 Å². The Morgan fingerprint density at radius 2 is 1.14 bits per heavy atom. The predicted octanol–water partition coefficient (Wildman–Crippen LogP) is -1.46. The van der Waals surface area contributed by atoms with E-state index in [-0.39, 0.29) is 39.0 Å². The summed E-state index contributed by atoms with van der Waals surface area (Å²) in [5, 5.41) is 15.5. The van der Waals surface area contributed by atoms with Crippen LogP contribution in [0.1, 0.15) is 0 Å². The Kier molecular flexibility index (Phi) is 4.98. The summed E-state index contributed by atoms with van der Waals surface area (Å²) in [6.45, 7) is 0. The van der Waals surface area contributed by atoms with Crippen molar-refractivity contribution in [1.29, 1.82) is 0 Å². The van der Waals surface area contributed by atoms with Crippen LogP contribution in [0.2, 0.25) is 0 Å². The number of hydrogen-bond donors (Lipinski definition) is 2. The first kappa shape index (κ1) is 11.0. The first-order valence-corrected chi connectivity index (χ1v) is 1.02. The Labute approximate surface area is 65.2 Å². The van der Waals surface area contributed by atoms with Crippen LogP contribution < -0.4 is 0 Å². The molecule has 0 bridgehead atoms. The monoisotopic (exact) mass is 206 g/mol. The molecule has 0 aromatic heterocycles. The Morgan fingerprint density at radius 3 is 1.14 bits per heavy atom. The quantitative estimate of drug-likeness (QED) is 0.221. The average Bonchev–Trinajstić information content (AvgIpc) is 1.76. The van der Waals surface area contributed by atoms with E-state index in [1.54, 1.807) is 0 Å². The van der Waals surface area contributed by atoms with Crippen LogP contribution in [0.15, 0.2) is 0 Å². The number of aliphatic hydroxyl groups is 2. The predicted molar refractivity (Wildman–Crippen MR) is 9.34 cm³/mol. The van der Waals surface area contributed by atoms with Gasteiger partial charge in [0.05, 0.1) is 0 Å². The maximum atomic E-state index is 7.74. The Morgan fingerprint density at radius 1 is 1.00 bits per heavy atom. The summed E-state index contributed by atoms with van der Waals surface area (Å²) < 4.78 is 0. The van der Waals surface area contributed by atoms with Gasteiger partial charge in [0.25, 0.3) is 0 Å². The molecule has 0 saturated carbocycles. The van der Waals surface area contributed by atoms with Crippen molar-refractivity contribution < 1.29 is 58.9 Å². The Balaban J connectivity index is 0. The maximum absolute atomic E-state index is 7.74. The van der Waals surface area contributed by atoms with Gasteiger partial charge in [0, 0.05) is 39.0 Å². The van der Waals surface area contributed by atoms with Crippen molar-refractivity contribution >= 4 is 0 Å². The van der Waals surface area contributed by atoms with Crippen molar-refractivity contribution in [2.75, 3.05) is 0 Å². The van der Waals surface area contributed by atoms with E-state index in [4.69, 9.17) is 10.2 Å². The van der Waals surface area contributed by atoms with Crippen LogP contribution in [-0.2, 0) is 48.7 Å². The van der Waals surface area contributed by atoms with Crippen LogP contribution in [0, 0.1) is 0 Å². The number of hydrogen-bond acceptors (Lipinski definition) is 4. The summed E-state index contributed by atoms with van der Waals surface area (Å²) in [6, 6.07) is 0. The molecule has 1 aliphatic heterocycles. The van der Waals surface area contributed by atoms with E-state index < -0.39 is 6.16 Å². The van der Waals surface area contributed by atoms with Crippen LogP contribution in [0.3, 0.4) is 0 Å². The molecule has 1 rings (SSSR count). The minimum atomic E-state index is -2.25. The topological polar surface area (TPSA) is 65.5 Å². The smallest absolute Gasteiger partial charge is 0.315 e. The van der Waals surface area contributed by atoms with Gasteiger partial charge in [0.2, 0.25) is 0 Å². The van der Waals surface area contributed by atoms with E-state index in [1.165, 1.54) is 0 Å². The summed E-state index contributed by atoms with van der Waals surface area (Å²) >= 11 is 0. The molecule has 34 valence electrons. The van der Waals surface area contributed by atoms with Gasteiger partial charge in [-0.3, -0.25) is 0 Å². The van der Waals surface area contributed by atoms with Crippen molar-refractivity contribution in [2.24, 2.45) is 0 Å². The molecule has 0 radical (unpaired) electrons. The van der Waals surface area contributed by atoms with Crippen LogP contribution in [0.4, 0.5) is 0 Å². The van der Waals surface area contributed by atoms with E-state index in [9.17, 15) is 0 Å². The first-order valence-electron chi connectivity index (χ1n) is 1.02. The Bertz CT molecular complexity index is 47.7. The molecule has 0 unspecified atom stereocenters. The van der Waals surface area contributed by atoms with Crippen LogP contribution in [-0.4, -0.2) is 16.4 Å². The molecule has 0 atom stereocenters. The van der Waals surface area contributed by atoms with Gasteiger partial charge >= 0.3 is 6.16 Å². The van der Waals surface area contributed by atoms with Crippen molar-refractivity contribution in [1.82, 2.24) is 0 Å². The van der Waals surface area contributed by atoms with E-state index in [0.29, 0.717) is 0 Å². The third-order valence-corrected chi connectivity index (χ3v) is 0.232. The molecule has 0 aliphatic carbocycles. The van der Waals surface area contributed by atoms with Crippen molar-refractivity contribution in [3.63, 3.8) is 0 Å². The van der Waals surface area contributed by atoms with Gasteiger partial charge in [-0.2, -0.15) is 0 Å². The summed E-state index contributed by atoms with van der Waals surface area (Å²) in [7, 11) is 0. The van der Waals surface area contributed by atoms with Crippen LogP contribution in [0.5, 0.6) is 0 Å². The molecule has 0 aromatic rings. The fraction of sp³-hybridized carbons (Fsp3) is 1.00. The van der Waals surface area contributed by atoms with Gasteiger partial charge < -0.3 is 10.2 Å². The zero-order chi connectivity index (χ0) is 3.91. The Hall–Kier alpha value is 1.09. The average molecular weight is 209 g/mol. The molecule has 1 fully saturated rings. The van der Waals surface area contributed by atoms with Gasteiger partial charge in [-0.1, -0.05) is 0 Å². The third-order valence-electron chi connectivity index (χ3n) is 0.232. The molecule has 6 heteroatoms. The fourth-order valence-corrected chi connectivity index (χ4v) is 0.0373. The first-order chi connectivity index (χ1) is 2.21. The minimum Gasteiger partial charge on any atom is -0.315 e. The number of rotatable bonds is 0. The molecule has 0 amide bonds. The maximum Gasteiger partial charge on any atom is 0.461 e. The van der Waals surface area contributed by atoms with Gasteiger partial charge in [0.1, 0.15) is 0 Å². The molecular weight excluding hydrogens is 207 g/mol. The normalized spacial score (nSPS) is 21.4. The van der Waals surface area contributed by atoms with Crippen molar-refractivity contribution in [2.45, 2.75) is 6.16 Å². The molecule has 4 nitrogen and oxygen atoms in total. The van der Waals surface area contributed by atoms with E-state index >= 15 is 0 Å². The molecule has 0 aromatic carbocycles. The summed E-state index contributed by atoms with van der Waals surface area (Å²) in [5.74, 6) is 0. The van der Waals surface area contributed by atoms with E-state index in [1.807, 2.05) is 0 Å². The molecule has 0 spiro atoms. The van der Waals surface area contributed by atoms with Crippen LogP contribution in [0.25, 0.3) is 0 Å². The van der Waals surface area contributed by atoms with Crippen LogP contribution >= 0.6 is 0 Å². The molecule has 1 aliphatic rings. The zero-order valence-electron chi connectivity index (χ0n) is 3.63. The molecule has 1 saturated heterocycles. The SMILES string of the molecule is OC1(O)OO1.[Zn].[Zn]. The van der Waals surface area contributed by atoms with Crippen molar-refractivity contribution in [3.8, 4) is 0 Å². The molecular formula is CH2O4Zn2. The summed E-state index contributed by atoms with van der Waals surface area (Å²) in [5.41, 5.74) is 0. The zero-order valence-corrected chi connectivity index (χ0v) is 9.56. The molecule has 1 heterocycles. The van der Waals surface area contributed by atoms with Gasteiger partial charge in [-0.05, 0) is 0 Å². The van der Waals surface area contributed by atoms with Gasteiger partial charge in [0.15, 0.2) is 0 Å². The second kappa shape index (κ2) is 3.18. The standard InChI is InChI=1S/CH2O4.2Zn/c2-1(3)4-5-1;;/h2-3H;;. The minimum absolute atomic E-state index is 0. The largest absolute Gasteiger partial charge is 0.461 e. The third kappa shape index (κ3) is 4.95. The second-order valence-corrected chi connectivity index (χ2v) is 0.715.